The van der Waals surface area contributed by atoms with Gasteiger partial charge in [0, 0.05) is 11.3 Å². The van der Waals surface area contributed by atoms with Crippen molar-refractivity contribution in [3.05, 3.63) is 41.3 Å². The summed E-state index contributed by atoms with van der Waals surface area (Å²) in [5.74, 6) is 0.396. The molecule has 2 rings (SSSR count). The Morgan fingerprint density at radius 1 is 1.31 bits per heavy atom. The van der Waals surface area contributed by atoms with E-state index in [0.29, 0.717) is 5.82 Å². The van der Waals surface area contributed by atoms with Gasteiger partial charge in [-0.2, -0.15) is 0 Å². The van der Waals surface area contributed by atoms with E-state index in [1.54, 1.807) is 0 Å². The molecule has 3 nitrogen and oxygen atoms in total. The minimum absolute atomic E-state index is 0.396. The zero-order chi connectivity index (χ0) is 11.5. The summed E-state index contributed by atoms with van der Waals surface area (Å²) in [7, 11) is 0. The number of carbonyl (C=O) groups excluding carboxylic acids is 1. The highest BCUT2D eigenvalue weighted by molar-refractivity contribution is 5.73. The van der Waals surface area contributed by atoms with E-state index < -0.39 is 0 Å². The Morgan fingerprint density at radius 2 is 2.00 bits per heavy atom. The lowest BCUT2D eigenvalue weighted by molar-refractivity contribution is 0.111. The number of carbonyl (C=O) groups is 1. The van der Waals surface area contributed by atoms with E-state index in [2.05, 4.69) is 9.97 Å². The normalized spacial score (nSPS) is 10.4. The number of benzene rings is 1. The van der Waals surface area contributed by atoms with E-state index in [0.717, 1.165) is 29.7 Å². The summed E-state index contributed by atoms with van der Waals surface area (Å²) in [6.07, 6.45) is 1.58. The van der Waals surface area contributed by atoms with Crippen molar-refractivity contribution < 1.29 is 4.79 Å². The highest BCUT2D eigenvalue weighted by Crippen LogP contribution is 2.22. The van der Waals surface area contributed by atoms with Crippen LogP contribution in [0, 0.1) is 6.92 Å². The van der Waals surface area contributed by atoms with Gasteiger partial charge in [0.05, 0.1) is 5.69 Å². The van der Waals surface area contributed by atoms with E-state index in [4.69, 9.17) is 0 Å². The molecule has 82 valence electrons. The molecular weight excluding hydrogens is 200 g/mol. The number of hydrogen-bond acceptors (Lipinski definition) is 2. The number of nitrogens with zero attached hydrogens (tertiary/aromatic N) is 1. The van der Waals surface area contributed by atoms with Crippen molar-refractivity contribution >= 4 is 6.29 Å². The van der Waals surface area contributed by atoms with E-state index in [1.165, 1.54) is 5.56 Å². The van der Waals surface area contributed by atoms with Crippen LogP contribution >= 0.6 is 0 Å². The first-order valence-electron chi connectivity index (χ1n) is 5.35. The molecule has 1 heterocycles. The topological polar surface area (TPSA) is 45.8 Å². The molecule has 0 atom stereocenters. The van der Waals surface area contributed by atoms with Crippen LogP contribution in [0.15, 0.2) is 24.3 Å². The summed E-state index contributed by atoms with van der Waals surface area (Å²) in [4.78, 5) is 18.0. The van der Waals surface area contributed by atoms with Crippen LogP contribution < -0.4 is 0 Å². The summed E-state index contributed by atoms with van der Waals surface area (Å²) in [6, 6.07) is 8.15. The number of aromatic amines is 1. The van der Waals surface area contributed by atoms with E-state index in [1.807, 2.05) is 38.1 Å². The van der Waals surface area contributed by atoms with Gasteiger partial charge in [-0.05, 0) is 13.3 Å². The van der Waals surface area contributed by atoms with Gasteiger partial charge >= 0.3 is 0 Å². The van der Waals surface area contributed by atoms with Crippen LogP contribution in [0.2, 0.25) is 0 Å². The van der Waals surface area contributed by atoms with Crippen LogP contribution in [0.5, 0.6) is 0 Å². The Hall–Kier alpha value is -1.90. The van der Waals surface area contributed by atoms with Crippen LogP contribution in [0.3, 0.4) is 0 Å². The highest BCUT2D eigenvalue weighted by Gasteiger charge is 2.09. The third-order valence-electron chi connectivity index (χ3n) is 2.59. The second-order valence-electron chi connectivity index (χ2n) is 3.79. The average Bonchev–Trinajstić information content (AvgIpc) is 2.73. The average molecular weight is 214 g/mol. The zero-order valence-corrected chi connectivity index (χ0v) is 9.45. The third-order valence-corrected chi connectivity index (χ3v) is 2.59. The minimum Gasteiger partial charge on any atom is -0.339 e. The molecule has 0 aliphatic rings. The summed E-state index contributed by atoms with van der Waals surface area (Å²) >= 11 is 0. The molecule has 16 heavy (non-hydrogen) atoms. The third kappa shape index (κ3) is 1.89. The molecule has 0 amide bonds. The van der Waals surface area contributed by atoms with Crippen LogP contribution in [-0.2, 0) is 6.42 Å². The van der Waals surface area contributed by atoms with E-state index in [9.17, 15) is 4.79 Å². The minimum atomic E-state index is 0.396. The fourth-order valence-corrected chi connectivity index (χ4v) is 1.69. The van der Waals surface area contributed by atoms with Crippen LogP contribution in [0.25, 0.3) is 11.3 Å². The first kappa shape index (κ1) is 10.6. The molecule has 0 spiro atoms. The molecule has 3 heteroatoms. The maximum atomic E-state index is 10.7. The van der Waals surface area contributed by atoms with E-state index in [-0.39, 0.29) is 0 Å². The maximum absolute atomic E-state index is 10.7. The van der Waals surface area contributed by atoms with Crippen molar-refractivity contribution in [2.45, 2.75) is 20.3 Å². The Labute approximate surface area is 94.5 Å². The standard InChI is InChI=1S/C13H14N2O/c1-3-11-13(15-12(8-16)14-11)10-6-4-9(2)5-7-10/h4-8H,3H2,1-2H3,(H,14,15). The molecule has 0 aliphatic carbocycles. The molecule has 0 fully saturated rings. The smallest absolute Gasteiger partial charge is 0.185 e. The predicted octanol–water partition coefficient (Wildman–Crippen LogP) is 2.76. The van der Waals surface area contributed by atoms with Gasteiger partial charge < -0.3 is 4.98 Å². The van der Waals surface area contributed by atoms with Gasteiger partial charge in [0.2, 0.25) is 0 Å². The van der Waals surface area contributed by atoms with Crippen molar-refractivity contribution in [3.63, 3.8) is 0 Å². The molecule has 1 N–H and O–H groups in total. The number of rotatable bonds is 3. The number of imidazole rings is 1. The summed E-state index contributed by atoms with van der Waals surface area (Å²) in [6.45, 7) is 4.09. The first-order chi connectivity index (χ1) is 7.74. The number of aromatic nitrogens is 2. The van der Waals surface area contributed by atoms with Gasteiger partial charge in [0.1, 0.15) is 0 Å². The Bertz CT molecular complexity index is 497. The fraction of sp³-hybridized carbons (Fsp3) is 0.231. The number of hydrogen-bond donors (Lipinski definition) is 1. The molecule has 0 unspecified atom stereocenters. The maximum Gasteiger partial charge on any atom is 0.185 e. The number of aryl methyl sites for hydroxylation is 2. The second-order valence-corrected chi connectivity index (χ2v) is 3.79. The Morgan fingerprint density at radius 3 is 2.56 bits per heavy atom. The van der Waals surface area contributed by atoms with Crippen molar-refractivity contribution in [2.24, 2.45) is 0 Å². The van der Waals surface area contributed by atoms with Gasteiger partial charge in [-0.15, -0.1) is 0 Å². The molecule has 0 radical (unpaired) electrons. The van der Waals surface area contributed by atoms with Gasteiger partial charge in [-0.3, -0.25) is 4.79 Å². The van der Waals surface area contributed by atoms with Crippen molar-refractivity contribution in [3.8, 4) is 11.3 Å². The molecule has 2 aromatic rings. The zero-order valence-electron chi connectivity index (χ0n) is 9.45. The predicted molar refractivity (Wildman–Crippen MR) is 63.5 cm³/mol. The highest BCUT2D eigenvalue weighted by atomic mass is 16.1. The Kier molecular flexibility index (Phi) is 2.86. The summed E-state index contributed by atoms with van der Waals surface area (Å²) < 4.78 is 0. The SMILES string of the molecule is CCc1[nH]c(C=O)nc1-c1ccc(C)cc1. The molecule has 1 aromatic heterocycles. The monoisotopic (exact) mass is 214 g/mol. The van der Waals surface area contributed by atoms with Crippen molar-refractivity contribution in [2.75, 3.05) is 0 Å². The second kappa shape index (κ2) is 4.31. The van der Waals surface area contributed by atoms with Crippen LogP contribution in [0.1, 0.15) is 28.8 Å². The van der Waals surface area contributed by atoms with Gasteiger partial charge in [-0.25, -0.2) is 4.98 Å². The molecular formula is C13H14N2O. The van der Waals surface area contributed by atoms with Gasteiger partial charge in [0.25, 0.3) is 0 Å². The Balaban J connectivity index is 2.49. The first-order valence-corrected chi connectivity index (χ1v) is 5.35. The lowest BCUT2D eigenvalue weighted by atomic mass is 10.1. The van der Waals surface area contributed by atoms with E-state index >= 15 is 0 Å². The summed E-state index contributed by atoms with van der Waals surface area (Å²) in [5.41, 5.74) is 4.15. The summed E-state index contributed by atoms with van der Waals surface area (Å²) in [5, 5.41) is 0. The lowest BCUT2D eigenvalue weighted by Gasteiger charge is -2.00. The largest absolute Gasteiger partial charge is 0.339 e. The van der Waals surface area contributed by atoms with Crippen LogP contribution in [0.4, 0.5) is 0 Å². The quantitative estimate of drug-likeness (QED) is 0.798. The molecule has 0 aliphatic heterocycles. The molecule has 1 aromatic carbocycles. The lowest BCUT2D eigenvalue weighted by Crippen LogP contribution is -1.85. The number of aldehydes is 1. The fourth-order valence-electron chi connectivity index (χ4n) is 1.69. The van der Waals surface area contributed by atoms with Gasteiger partial charge in [0.15, 0.2) is 12.1 Å². The van der Waals surface area contributed by atoms with Gasteiger partial charge in [-0.1, -0.05) is 36.8 Å². The molecule has 0 saturated heterocycles. The number of H-pyrrole nitrogens is 1. The van der Waals surface area contributed by atoms with Crippen molar-refractivity contribution in [1.29, 1.82) is 0 Å². The molecule has 0 saturated carbocycles. The number of nitrogens with one attached hydrogen (secondary N) is 1. The van der Waals surface area contributed by atoms with Crippen molar-refractivity contribution in [1.82, 2.24) is 9.97 Å². The van der Waals surface area contributed by atoms with Crippen LogP contribution in [-0.4, -0.2) is 16.3 Å². The molecule has 0 bridgehead atoms.